The maximum absolute atomic E-state index is 13.7. The molecule has 3 nitrogen and oxygen atoms in total. The van der Waals surface area contributed by atoms with Gasteiger partial charge in [0.1, 0.15) is 11.6 Å². The Bertz CT molecular complexity index is 615. The summed E-state index contributed by atoms with van der Waals surface area (Å²) in [5, 5.41) is 13.8. The minimum absolute atomic E-state index is 0.0507. The molecule has 0 aliphatic heterocycles. The van der Waals surface area contributed by atoms with Crippen LogP contribution in [0.4, 0.5) is 4.39 Å². The molecule has 23 heavy (non-hydrogen) atoms. The van der Waals surface area contributed by atoms with Crippen LogP contribution >= 0.6 is 0 Å². The van der Waals surface area contributed by atoms with Gasteiger partial charge in [0.2, 0.25) is 0 Å². The lowest BCUT2D eigenvalue weighted by Crippen LogP contribution is -2.39. The first kappa shape index (κ1) is 17.4. The Balaban J connectivity index is 1.94. The molecule has 0 aliphatic rings. The van der Waals surface area contributed by atoms with Crippen LogP contribution < -0.4 is 10.1 Å². The van der Waals surface area contributed by atoms with Gasteiger partial charge in [-0.25, -0.2) is 4.39 Å². The van der Waals surface area contributed by atoms with Crippen LogP contribution in [0.3, 0.4) is 0 Å². The van der Waals surface area contributed by atoms with Gasteiger partial charge in [-0.15, -0.1) is 0 Å². The highest BCUT2D eigenvalue weighted by Gasteiger charge is 2.19. The molecule has 0 heterocycles. The van der Waals surface area contributed by atoms with Crippen LogP contribution in [0, 0.1) is 5.82 Å². The van der Waals surface area contributed by atoms with Crippen LogP contribution in [-0.2, 0) is 6.42 Å². The van der Waals surface area contributed by atoms with Crippen LogP contribution in [0.1, 0.15) is 31.1 Å². The first-order valence-electron chi connectivity index (χ1n) is 7.82. The van der Waals surface area contributed by atoms with Crippen molar-refractivity contribution in [2.24, 2.45) is 0 Å². The average molecular weight is 317 g/mol. The topological polar surface area (TPSA) is 41.5 Å². The van der Waals surface area contributed by atoms with Crippen molar-refractivity contribution in [2.75, 3.05) is 7.11 Å². The lowest BCUT2D eigenvalue weighted by molar-refractivity contribution is 0.130. The third-order valence-corrected chi connectivity index (χ3v) is 3.96. The van der Waals surface area contributed by atoms with E-state index in [0.29, 0.717) is 12.0 Å². The molecule has 2 aromatic carbocycles. The van der Waals surface area contributed by atoms with E-state index < -0.39 is 6.10 Å². The highest BCUT2D eigenvalue weighted by atomic mass is 19.1. The molecule has 0 aliphatic carbocycles. The van der Waals surface area contributed by atoms with E-state index in [1.54, 1.807) is 19.2 Å². The lowest BCUT2D eigenvalue weighted by atomic mass is 10.0. The molecular weight excluding hydrogens is 293 g/mol. The largest absolute Gasteiger partial charge is 0.497 e. The number of benzene rings is 2. The van der Waals surface area contributed by atoms with E-state index in [1.807, 2.05) is 44.2 Å². The molecule has 4 heteroatoms. The van der Waals surface area contributed by atoms with Crippen molar-refractivity contribution in [3.05, 3.63) is 65.5 Å². The molecule has 2 rings (SSSR count). The Hall–Kier alpha value is -1.91. The fourth-order valence-corrected chi connectivity index (χ4v) is 2.68. The summed E-state index contributed by atoms with van der Waals surface area (Å²) < 4.78 is 18.8. The molecule has 0 spiro atoms. The number of methoxy groups -OCH3 is 1. The lowest BCUT2D eigenvalue weighted by Gasteiger charge is -2.25. The van der Waals surface area contributed by atoms with E-state index in [9.17, 15) is 9.50 Å². The molecule has 2 N–H and O–H groups in total. The fourth-order valence-electron chi connectivity index (χ4n) is 2.68. The molecule has 0 fully saturated rings. The highest BCUT2D eigenvalue weighted by molar-refractivity contribution is 5.29. The zero-order chi connectivity index (χ0) is 16.8. The molecule has 0 saturated heterocycles. The van der Waals surface area contributed by atoms with Crippen molar-refractivity contribution in [2.45, 2.75) is 38.5 Å². The van der Waals surface area contributed by atoms with Gasteiger partial charge in [0, 0.05) is 12.1 Å². The van der Waals surface area contributed by atoms with Crippen LogP contribution in [-0.4, -0.2) is 24.3 Å². The maximum atomic E-state index is 13.7. The fraction of sp³-hybridized carbons (Fsp3) is 0.368. The Labute approximate surface area is 137 Å². The zero-order valence-electron chi connectivity index (χ0n) is 13.8. The van der Waals surface area contributed by atoms with E-state index >= 15 is 0 Å². The van der Waals surface area contributed by atoms with E-state index in [2.05, 4.69) is 5.32 Å². The summed E-state index contributed by atoms with van der Waals surface area (Å²) in [6.45, 7) is 3.91. The monoisotopic (exact) mass is 317 g/mol. The molecular formula is C19H24FNO2. The third kappa shape index (κ3) is 4.78. The van der Waals surface area contributed by atoms with E-state index in [-0.39, 0.29) is 17.9 Å². The number of rotatable bonds is 7. The third-order valence-electron chi connectivity index (χ3n) is 3.96. The van der Waals surface area contributed by atoms with Crippen molar-refractivity contribution < 1.29 is 14.2 Å². The predicted octanol–water partition coefficient (Wildman–Crippen LogP) is 3.48. The number of hydrogen-bond donors (Lipinski definition) is 2. The quantitative estimate of drug-likeness (QED) is 0.821. The van der Waals surface area contributed by atoms with E-state index in [0.717, 1.165) is 11.3 Å². The molecule has 0 saturated carbocycles. The number of hydrogen-bond acceptors (Lipinski definition) is 3. The molecule has 2 aromatic rings. The molecule has 3 atom stereocenters. The molecule has 0 unspecified atom stereocenters. The minimum atomic E-state index is -0.635. The average Bonchev–Trinajstić information content (AvgIpc) is 2.56. The van der Waals surface area contributed by atoms with Crippen molar-refractivity contribution in [1.82, 2.24) is 5.32 Å². The molecule has 0 aromatic heterocycles. The van der Waals surface area contributed by atoms with Gasteiger partial charge in [-0.3, -0.25) is 0 Å². The standard InChI is InChI=1S/C19H24FNO2/c1-13(12-16-6-4-5-7-18(16)20)21-14(2)19(22)15-8-10-17(23-3)11-9-15/h4-11,13-14,19,21-22H,12H2,1-3H3/t13-,14-,19-/m1/s1. The summed E-state index contributed by atoms with van der Waals surface area (Å²) in [4.78, 5) is 0. The van der Waals surface area contributed by atoms with Crippen molar-refractivity contribution in [1.29, 1.82) is 0 Å². The van der Waals surface area contributed by atoms with Crippen molar-refractivity contribution in [3.8, 4) is 5.75 Å². The van der Waals surface area contributed by atoms with Crippen molar-refractivity contribution in [3.63, 3.8) is 0 Å². The number of aliphatic hydroxyl groups is 1. The SMILES string of the molecule is COc1ccc([C@H](O)[C@@H](C)N[C@H](C)Cc2ccccc2F)cc1. The molecule has 124 valence electrons. The van der Waals surface area contributed by atoms with Gasteiger partial charge >= 0.3 is 0 Å². The number of ether oxygens (including phenoxy) is 1. The summed E-state index contributed by atoms with van der Waals surface area (Å²) in [6, 6.07) is 14.0. The second-order valence-corrected chi connectivity index (χ2v) is 5.87. The smallest absolute Gasteiger partial charge is 0.126 e. The summed E-state index contributed by atoms with van der Waals surface area (Å²) >= 11 is 0. The van der Waals surface area contributed by atoms with Gasteiger partial charge < -0.3 is 15.2 Å². The Morgan fingerprint density at radius 2 is 1.74 bits per heavy atom. The number of nitrogens with one attached hydrogen (secondary N) is 1. The predicted molar refractivity (Wildman–Crippen MR) is 90.1 cm³/mol. The van der Waals surface area contributed by atoms with E-state index in [1.165, 1.54) is 6.07 Å². The normalized spacial score (nSPS) is 15.0. The summed E-state index contributed by atoms with van der Waals surface area (Å²) in [5.41, 5.74) is 1.50. The van der Waals surface area contributed by atoms with Gasteiger partial charge in [0.05, 0.1) is 13.2 Å². The van der Waals surface area contributed by atoms with Crippen LogP contribution in [0.2, 0.25) is 0 Å². The van der Waals surface area contributed by atoms with Crippen LogP contribution in [0.5, 0.6) is 5.75 Å². The zero-order valence-corrected chi connectivity index (χ0v) is 13.8. The summed E-state index contributed by atoms with van der Waals surface area (Å²) in [5.74, 6) is 0.569. The molecule has 0 radical (unpaired) electrons. The first-order chi connectivity index (χ1) is 11.0. The Morgan fingerprint density at radius 3 is 2.35 bits per heavy atom. The van der Waals surface area contributed by atoms with Gasteiger partial charge in [0.25, 0.3) is 0 Å². The number of halogens is 1. The minimum Gasteiger partial charge on any atom is -0.497 e. The maximum Gasteiger partial charge on any atom is 0.126 e. The van der Waals surface area contributed by atoms with Crippen LogP contribution in [0.15, 0.2) is 48.5 Å². The van der Waals surface area contributed by atoms with Gasteiger partial charge in [-0.1, -0.05) is 30.3 Å². The Kier molecular flexibility index (Phi) is 6.13. The summed E-state index contributed by atoms with van der Waals surface area (Å²) in [6.07, 6.45) is -0.0595. The van der Waals surface area contributed by atoms with Crippen molar-refractivity contribution >= 4 is 0 Å². The molecule has 0 amide bonds. The van der Waals surface area contributed by atoms with E-state index in [4.69, 9.17) is 4.74 Å². The number of aliphatic hydroxyl groups excluding tert-OH is 1. The highest BCUT2D eigenvalue weighted by Crippen LogP contribution is 2.21. The van der Waals surface area contributed by atoms with Crippen LogP contribution in [0.25, 0.3) is 0 Å². The first-order valence-corrected chi connectivity index (χ1v) is 7.82. The van der Waals surface area contributed by atoms with Gasteiger partial charge in [0.15, 0.2) is 0 Å². The second-order valence-electron chi connectivity index (χ2n) is 5.87. The summed E-state index contributed by atoms with van der Waals surface area (Å²) in [7, 11) is 1.61. The molecule has 0 bridgehead atoms. The Morgan fingerprint density at radius 1 is 1.09 bits per heavy atom. The second kappa shape index (κ2) is 8.09. The van der Waals surface area contributed by atoms with Gasteiger partial charge in [-0.2, -0.15) is 0 Å². The van der Waals surface area contributed by atoms with Gasteiger partial charge in [-0.05, 0) is 49.6 Å².